The molecule has 0 bridgehead atoms. The van der Waals surface area contributed by atoms with Gasteiger partial charge in [-0.05, 0) is 18.4 Å². The van der Waals surface area contributed by atoms with Crippen molar-refractivity contribution in [3.05, 3.63) is 24.0 Å². The number of rotatable bonds is 5. The first-order valence-electron chi connectivity index (χ1n) is 5.62. The minimum Gasteiger partial charge on any atom is -0.353 e. The van der Waals surface area contributed by atoms with Crippen LogP contribution in [0, 0.1) is 5.92 Å². The Labute approximate surface area is 98.4 Å². The molecule has 1 rings (SSSR count). The lowest BCUT2D eigenvalue weighted by Gasteiger charge is -2.10. The fraction of sp³-hybridized carbons (Fsp3) is 0.583. The standard InChI is InChI=1S/C12H16F3NO/c1-3-4-9(2)7-16-6-5-10(8-16)11(17)12(13,14)15/h5-6,8-9H,3-4,7H2,1-2H3. The number of aromatic nitrogens is 1. The Morgan fingerprint density at radius 1 is 1.47 bits per heavy atom. The summed E-state index contributed by atoms with van der Waals surface area (Å²) in [5.74, 6) is -1.39. The molecule has 2 nitrogen and oxygen atoms in total. The lowest BCUT2D eigenvalue weighted by molar-refractivity contribution is -0.0885. The molecule has 0 aromatic carbocycles. The van der Waals surface area contributed by atoms with Crippen molar-refractivity contribution < 1.29 is 18.0 Å². The van der Waals surface area contributed by atoms with Gasteiger partial charge in [0.2, 0.25) is 0 Å². The minimum atomic E-state index is -4.79. The molecule has 1 atom stereocenters. The van der Waals surface area contributed by atoms with Crippen molar-refractivity contribution in [1.29, 1.82) is 0 Å². The Hall–Kier alpha value is -1.26. The molecule has 1 heterocycles. The van der Waals surface area contributed by atoms with Crippen LogP contribution in [0.15, 0.2) is 18.5 Å². The summed E-state index contributed by atoms with van der Waals surface area (Å²) in [6.07, 6.45) is 0.0475. The molecule has 96 valence electrons. The van der Waals surface area contributed by atoms with Crippen LogP contribution in [0.1, 0.15) is 37.0 Å². The van der Waals surface area contributed by atoms with Crippen molar-refractivity contribution in [2.75, 3.05) is 0 Å². The Balaban J connectivity index is 2.69. The molecule has 0 saturated heterocycles. The van der Waals surface area contributed by atoms with Crippen molar-refractivity contribution in [2.45, 2.75) is 39.4 Å². The van der Waals surface area contributed by atoms with Crippen molar-refractivity contribution >= 4 is 5.78 Å². The lowest BCUT2D eigenvalue weighted by atomic mass is 10.1. The van der Waals surface area contributed by atoms with Gasteiger partial charge in [0.25, 0.3) is 5.78 Å². The summed E-state index contributed by atoms with van der Waals surface area (Å²) >= 11 is 0. The number of ketones is 1. The number of nitrogens with zero attached hydrogens (tertiary/aromatic N) is 1. The highest BCUT2D eigenvalue weighted by Crippen LogP contribution is 2.22. The molecule has 1 unspecified atom stereocenters. The van der Waals surface area contributed by atoms with E-state index < -0.39 is 12.0 Å². The molecule has 1 aromatic heterocycles. The zero-order valence-electron chi connectivity index (χ0n) is 9.92. The van der Waals surface area contributed by atoms with Gasteiger partial charge in [0.15, 0.2) is 0 Å². The van der Waals surface area contributed by atoms with Gasteiger partial charge >= 0.3 is 6.18 Å². The third-order valence-corrected chi connectivity index (χ3v) is 2.57. The molecule has 1 aromatic rings. The second-order valence-electron chi connectivity index (χ2n) is 4.32. The Morgan fingerprint density at radius 3 is 2.65 bits per heavy atom. The van der Waals surface area contributed by atoms with Crippen LogP contribution >= 0.6 is 0 Å². The second-order valence-corrected chi connectivity index (χ2v) is 4.32. The first kappa shape index (κ1) is 13.8. The van der Waals surface area contributed by atoms with E-state index >= 15 is 0 Å². The van der Waals surface area contributed by atoms with E-state index in [1.807, 2.05) is 6.92 Å². The quantitative estimate of drug-likeness (QED) is 0.728. The van der Waals surface area contributed by atoms with Gasteiger partial charge in [0, 0.05) is 24.5 Å². The highest BCUT2D eigenvalue weighted by molar-refractivity contribution is 6.00. The van der Waals surface area contributed by atoms with Gasteiger partial charge in [-0.15, -0.1) is 0 Å². The van der Waals surface area contributed by atoms with Crippen molar-refractivity contribution in [2.24, 2.45) is 5.92 Å². The van der Waals surface area contributed by atoms with Gasteiger partial charge < -0.3 is 4.57 Å². The molecule has 0 N–H and O–H groups in total. The molecular weight excluding hydrogens is 231 g/mol. The van der Waals surface area contributed by atoms with E-state index in [1.54, 1.807) is 4.57 Å². The van der Waals surface area contributed by atoms with E-state index in [0.717, 1.165) is 12.8 Å². The molecule has 17 heavy (non-hydrogen) atoms. The zero-order chi connectivity index (χ0) is 13.1. The fourth-order valence-electron chi connectivity index (χ4n) is 1.80. The topological polar surface area (TPSA) is 22.0 Å². The predicted molar refractivity (Wildman–Crippen MR) is 58.9 cm³/mol. The predicted octanol–water partition coefficient (Wildman–Crippen LogP) is 3.67. The van der Waals surface area contributed by atoms with Gasteiger partial charge in [-0.3, -0.25) is 4.79 Å². The molecule has 0 spiro atoms. The Bertz CT molecular complexity index is 381. The van der Waals surface area contributed by atoms with Crippen LogP contribution in [-0.2, 0) is 6.54 Å². The largest absolute Gasteiger partial charge is 0.454 e. The third-order valence-electron chi connectivity index (χ3n) is 2.57. The summed E-state index contributed by atoms with van der Waals surface area (Å²) in [7, 11) is 0. The number of hydrogen-bond acceptors (Lipinski definition) is 1. The van der Waals surface area contributed by atoms with Gasteiger partial charge in [-0.1, -0.05) is 20.3 Å². The first-order valence-corrected chi connectivity index (χ1v) is 5.62. The highest BCUT2D eigenvalue weighted by atomic mass is 19.4. The maximum atomic E-state index is 12.2. The number of carbonyl (C=O) groups is 1. The van der Waals surface area contributed by atoms with E-state index in [9.17, 15) is 18.0 Å². The SMILES string of the molecule is CCCC(C)Cn1ccc(C(=O)C(F)(F)F)c1. The van der Waals surface area contributed by atoms with Gasteiger partial charge in [-0.2, -0.15) is 13.2 Å². The second kappa shape index (κ2) is 5.38. The Morgan fingerprint density at radius 2 is 2.12 bits per heavy atom. The van der Waals surface area contributed by atoms with Crippen LogP contribution in [0.3, 0.4) is 0 Å². The van der Waals surface area contributed by atoms with Crippen molar-refractivity contribution in [3.63, 3.8) is 0 Å². The third kappa shape index (κ3) is 3.91. The molecule has 5 heteroatoms. The Kier molecular flexibility index (Phi) is 4.37. The van der Waals surface area contributed by atoms with E-state index in [0.29, 0.717) is 12.5 Å². The molecule has 0 radical (unpaired) electrons. The minimum absolute atomic E-state index is 0.291. The van der Waals surface area contributed by atoms with Crippen molar-refractivity contribution in [1.82, 2.24) is 4.57 Å². The lowest BCUT2D eigenvalue weighted by Crippen LogP contribution is -2.22. The summed E-state index contributed by atoms with van der Waals surface area (Å²) in [4.78, 5) is 11.0. The number of Topliss-reactive ketones (excluding diaryl/α,β-unsaturated/α-hetero) is 1. The molecular formula is C12H16F3NO. The van der Waals surface area contributed by atoms with E-state index in [2.05, 4.69) is 6.92 Å². The van der Waals surface area contributed by atoms with Gasteiger partial charge in [0.1, 0.15) is 0 Å². The summed E-state index contributed by atoms with van der Waals surface area (Å²) < 4.78 is 38.1. The average Bonchev–Trinajstić information content (AvgIpc) is 2.63. The van der Waals surface area contributed by atoms with Crippen LogP contribution < -0.4 is 0 Å². The summed E-state index contributed by atoms with van der Waals surface area (Å²) in [6.45, 7) is 4.73. The molecule has 0 aliphatic heterocycles. The van der Waals surface area contributed by atoms with Crippen LogP contribution in [0.5, 0.6) is 0 Å². The number of halogens is 3. The normalized spacial score (nSPS) is 13.7. The maximum absolute atomic E-state index is 12.2. The molecule has 0 fully saturated rings. The van der Waals surface area contributed by atoms with Crippen LogP contribution in [0.2, 0.25) is 0 Å². The van der Waals surface area contributed by atoms with Crippen molar-refractivity contribution in [3.8, 4) is 0 Å². The molecule has 0 amide bonds. The van der Waals surface area contributed by atoms with Crippen LogP contribution in [0.25, 0.3) is 0 Å². The fourth-order valence-corrected chi connectivity index (χ4v) is 1.80. The van der Waals surface area contributed by atoms with E-state index in [-0.39, 0.29) is 5.56 Å². The van der Waals surface area contributed by atoms with Crippen LogP contribution in [0.4, 0.5) is 13.2 Å². The van der Waals surface area contributed by atoms with E-state index in [4.69, 9.17) is 0 Å². The van der Waals surface area contributed by atoms with Gasteiger partial charge in [-0.25, -0.2) is 0 Å². The zero-order valence-corrected chi connectivity index (χ0v) is 9.92. The highest BCUT2D eigenvalue weighted by Gasteiger charge is 2.39. The summed E-state index contributed by atoms with van der Waals surface area (Å²) in [5, 5.41) is 0. The monoisotopic (exact) mass is 247 g/mol. The number of alkyl halides is 3. The maximum Gasteiger partial charge on any atom is 0.454 e. The number of carbonyl (C=O) groups excluding carboxylic acids is 1. The van der Waals surface area contributed by atoms with E-state index in [1.165, 1.54) is 18.5 Å². The molecule has 0 aliphatic rings. The molecule has 0 aliphatic carbocycles. The number of hydrogen-bond donors (Lipinski definition) is 0. The summed E-state index contributed by atoms with van der Waals surface area (Å²) in [6, 6.07) is 1.22. The van der Waals surface area contributed by atoms with Crippen LogP contribution in [-0.4, -0.2) is 16.5 Å². The van der Waals surface area contributed by atoms with Gasteiger partial charge in [0.05, 0.1) is 0 Å². The first-order chi connectivity index (χ1) is 7.84. The molecule has 0 saturated carbocycles. The smallest absolute Gasteiger partial charge is 0.353 e. The summed E-state index contributed by atoms with van der Waals surface area (Å²) in [5.41, 5.74) is -0.291. The average molecular weight is 247 g/mol.